The number of primary amides is 1. The number of aromatic nitrogens is 8. The molecule has 28 nitrogen and oxygen atoms in total. The van der Waals surface area contributed by atoms with Gasteiger partial charge in [0.05, 0.1) is 152 Å². The molecule has 4 aliphatic heterocycles. The van der Waals surface area contributed by atoms with Crippen molar-refractivity contribution < 1.29 is 47.8 Å². The Labute approximate surface area is 820 Å². The smallest absolute Gasteiger partial charge is 0.306 e. The number of nitriles is 4. The van der Waals surface area contributed by atoms with Crippen LogP contribution in [0.1, 0.15) is 262 Å². The number of likely N-dealkylation sites (tertiary alicyclic amines) is 4. The minimum Gasteiger partial charge on any atom is -0.466 e. The van der Waals surface area contributed by atoms with Crippen LogP contribution in [-0.4, -0.2) is 214 Å². The number of fused-ring (bicyclic) bond motifs is 4. The molecule has 0 spiro atoms. The minimum atomic E-state index is -0.356. The number of hydrogen-bond acceptors (Lipinski definition) is 22. The number of esters is 2. The van der Waals surface area contributed by atoms with Crippen molar-refractivity contribution in [1.82, 2.24) is 62.7 Å². The van der Waals surface area contributed by atoms with E-state index in [1.807, 2.05) is 155 Å². The first-order valence-corrected chi connectivity index (χ1v) is 49.6. The van der Waals surface area contributed by atoms with Gasteiger partial charge in [-0.3, -0.25) is 77.9 Å². The zero-order chi connectivity index (χ0) is 100.0. The van der Waals surface area contributed by atoms with E-state index in [2.05, 4.69) is 54.5 Å². The van der Waals surface area contributed by atoms with Crippen LogP contribution in [0.4, 0.5) is 0 Å². The van der Waals surface area contributed by atoms with Crippen molar-refractivity contribution >= 4 is 91.0 Å². The fourth-order valence-corrected chi connectivity index (χ4v) is 20.0. The first-order chi connectivity index (χ1) is 67.6. The predicted molar refractivity (Wildman–Crippen MR) is 543 cm³/mol. The summed E-state index contributed by atoms with van der Waals surface area (Å²) in [5, 5.41) is 36.9. The van der Waals surface area contributed by atoms with Gasteiger partial charge in [0.15, 0.2) is 23.1 Å². The third kappa shape index (κ3) is 24.6. The van der Waals surface area contributed by atoms with E-state index in [-0.39, 0.29) is 66.1 Å². The van der Waals surface area contributed by atoms with E-state index < -0.39 is 0 Å². The molecule has 0 radical (unpaired) electrons. The summed E-state index contributed by atoms with van der Waals surface area (Å²) in [6, 6.07) is 46.2. The molecule has 2 amide bonds. The number of aryl methyl sites for hydroxylation is 8. The number of ketones is 4. The first kappa shape index (κ1) is 103. The van der Waals surface area contributed by atoms with E-state index in [4.69, 9.17) is 35.1 Å². The SMILES string of the molecule is CCN(CC)C(=O)CCc1cc2c(nc1C)c(C(=O)CN1CCCCC1)c(C)n2-c1ccc(C#N)cc1.CCOC(=O)CCc1cc2c(nc1C)c(C(=O)CN1CCCCC1)c(C)n2-c1ccc(C#N)cc1.CCOC(=O)CCc1cc2c(nc1C)c(C(=O)CN1CCCCC1)c(C)n2-c1ccc(C#N)cc1.Cc1nc2c(C(=O)CN3CCCCC3)c(C)n(-c3ccc(C#N)cc3)c2cc1CCC(N)=O. The number of rotatable bonds is 32. The Balaban J connectivity index is 0.000000157. The molecule has 0 unspecified atom stereocenters. The number of benzene rings is 4. The highest BCUT2D eigenvalue weighted by atomic mass is 16.5. The summed E-state index contributed by atoms with van der Waals surface area (Å²) < 4.78 is 18.4. The van der Waals surface area contributed by atoms with Crippen molar-refractivity contribution in [1.29, 1.82) is 21.0 Å². The van der Waals surface area contributed by atoms with Crippen LogP contribution in [0.3, 0.4) is 0 Å². The lowest BCUT2D eigenvalue weighted by molar-refractivity contribution is -0.144. The highest BCUT2D eigenvalue weighted by Gasteiger charge is 2.32. The second-order valence-electron chi connectivity index (χ2n) is 36.9. The number of amides is 2. The lowest BCUT2D eigenvalue weighted by atomic mass is 10.0. The van der Waals surface area contributed by atoms with Crippen molar-refractivity contribution in [3.8, 4) is 47.0 Å². The fourth-order valence-electron chi connectivity index (χ4n) is 20.0. The molecule has 4 aromatic carbocycles. The molecule has 0 atom stereocenters. The number of pyridine rings is 4. The molecule has 140 heavy (non-hydrogen) atoms. The number of piperidine rings is 4. The van der Waals surface area contributed by atoms with Gasteiger partial charge in [0.1, 0.15) is 0 Å². The van der Waals surface area contributed by atoms with Gasteiger partial charge in [-0.1, -0.05) is 25.7 Å². The van der Waals surface area contributed by atoms with Gasteiger partial charge in [0.25, 0.3) is 0 Å². The van der Waals surface area contributed by atoms with Gasteiger partial charge in [-0.25, -0.2) is 0 Å². The maximum atomic E-state index is 13.7. The molecule has 12 heterocycles. The summed E-state index contributed by atoms with van der Waals surface area (Å²) in [4.78, 5) is 133. The number of carbonyl (C=O) groups excluding carboxylic acids is 8. The summed E-state index contributed by atoms with van der Waals surface area (Å²) >= 11 is 0. The lowest BCUT2D eigenvalue weighted by Gasteiger charge is -2.25. The standard InChI is InChI=1S/C30H37N5O2.2C28H32N4O3.C26H29N5O2/c1-5-34(6-2)28(37)15-12-24-18-26-30(32-21(24)3)29(27(36)20-33-16-8-7-9-17-33)22(4)35(26)25-13-10-23(19-31)11-14-25;2*1-4-35-26(34)13-10-22-16-24-28(30-19(22)2)27(25(33)18-31-14-6-5-7-15-31)20(3)32(24)23-11-8-21(17-29)9-12-23;1-17-20(8-11-24(28)33)14-22-26(29-17)25(23(32)16-30-12-4-3-5-13-30)18(2)31(22)21-9-6-19(15-27)7-10-21/h10-11,13-14,18H,5-9,12,15-17,20H2,1-4H3;2*8-9,11-12,16H,4-7,10,13-15,18H2,1-3H3;6-7,9-10,14H,3-5,8,11-13,16H2,1-2H3,(H2,28,33). The van der Waals surface area contributed by atoms with Gasteiger partial charge in [-0.05, 0) is 356 Å². The van der Waals surface area contributed by atoms with Crippen LogP contribution >= 0.6 is 0 Å². The minimum absolute atomic E-state index is 0.0728. The molecular formula is C112H130N18O10. The quantitative estimate of drug-likeness (QED) is 0.0302. The normalized spacial score (nSPS) is 14.1. The molecule has 0 bridgehead atoms. The molecule has 4 aliphatic rings. The Kier molecular flexibility index (Phi) is 35.8. The number of nitrogens with two attached hydrogens (primary N) is 1. The maximum absolute atomic E-state index is 13.7. The van der Waals surface area contributed by atoms with Crippen molar-refractivity contribution in [3.63, 3.8) is 0 Å². The maximum Gasteiger partial charge on any atom is 0.306 e. The van der Waals surface area contributed by atoms with Crippen molar-refractivity contribution in [2.75, 3.05) is 105 Å². The van der Waals surface area contributed by atoms with Gasteiger partial charge in [-0.2, -0.15) is 21.0 Å². The zero-order valence-corrected chi connectivity index (χ0v) is 83.3. The van der Waals surface area contributed by atoms with Crippen molar-refractivity contribution in [3.05, 3.63) is 234 Å². The third-order valence-corrected chi connectivity index (χ3v) is 27.5. The summed E-state index contributed by atoms with van der Waals surface area (Å²) in [6.07, 6.45) is 17.2. The first-order valence-electron chi connectivity index (χ1n) is 49.6. The average molecular weight is 1890 g/mol. The van der Waals surface area contributed by atoms with Crippen LogP contribution in [0.2, 0.25) is 0 Å². The molecule has 4 fully saturated rings. The number of carbonyl (C=O) groups is 8. The van der Waals surface area contributed by atoms with E-state index >= 15 is 0 Å². The molecule has 12 aromatic rings. The Morgan fingerprint density at radius 2 is 0.550 bits per heavy atom. The van der Waals surface area contributed by atoms with Crippen LogP contribution < -0.4 is 5.73 Å². The summed E-state index contributed by atoms with van der Waals surface area (Å²) in [5.74, 6) is -0.366. The van der Waals surface area contributed by atoms with Crippen molar-refractivity contribution in [2.24, 2.45) is 5.73 Å². The summed E-state index contributed by atoms with van der Waals surface area (Å²) in [7, 11) is 0. The summed E-state index contributed by atoms with van der Waals surface area (Å²) in [5.41, 5.74) is 30.3. The Morgan fingerprint density at radius 3 is 0.757 bits per heavy atom. The van der Waals surface area contributed by atoms with Gasteiger partial charge in [-0.15, -0.1) is 0 Å². The molecule has 728 valence electrons. The van der Waals surface area contributed by atoms with Gasteiger partial charge in [0.2, 0.25) is 11.8 Å². The van der Waals surface area contributed by atoms with Crippen LogP contribution in [0.15, 0.2) is 121 Å². The van der Waals surface area contributed by atoms with E-state index in [0.29, 0.717) is 151 Å². The van der Waals surface area contributed by atoms with Crippen LogP contribution in [0.5, 0.6) is 0 Å². The molecule has 2 N–H and O–H groups in total. The van der Waals surface area contributed by atoms with Crippen LogP contribution in [0.25, 0.3) is 66.9 Å². The number of ether oxygens (including phenoxy) is 2. The second-order valence-corrected chi connectivity index (χ2v) is 36.9. The highest BCUT2D eigenvalue weighted by molar-refractivity contribution is 6.13. The predicted octanol–water partition coefficient (Wildman–Crippen LogP) is 17.9. The molecule has 0 saturated carbocycles. The molecule has 28 heteroatoms. The van der Waals surface area contributed by atoms with Gasteiger partial charge in [0, 0.05) is 107 Å². The lowest BCUT2D eigenvalue weighted by Crippen LogP contribution is -2.34. The van der Waals surface area contributed by atoms with Crippen LogP contribution in [0, 0.1) is 101 Å². The Hall–Kier alpha value is -14.0. The second kappa shape index (κ2) is 48.5. The molecule has 4 saturated heterocycles. The van der Waals surface area contributed by atoms with Gasteiger partial charge >= 0.3 is 11.9 Å². The molecule has 16 rings (SSSR count). The molecular weight excluding hydrogens is 1760 g/mol. The fraction of sp³-hybridized carbons (Fsp3) is 0.429. The third-order valence-electron chi connectivity index (χ3n) is 27.5. The Morgan fingerprint density at radius 1 is 0.329 bits per heavy atom. The largest absolute Gasteiger partial charge is 0.466 e. The molecule has 8 aromatic heterocycles. The van der Waals surface area contributed by atoms with E-state index in [9.17, 15) is 59.4 Å². The Bertz CT molecular complexity index is 6540. The number of Topliss-reactive ketones (excluding diaryl/α,β-unsaturated/α-hetero) is 4. The summed E-state index contributed by atoms with van der Waals surface area (Å²) in [6.45, 7) is 34.4. The zero-order valence-electron chi connectivity index (χ0n) is 83.3. The number of nitrogens with zero attached hydrogens (tertiary/aromatic N) is 17. The topological polar surface area (TPSA) is 364 Å². The van der Waals surface area contributed by atoms with Gasteiger partial charge < -0.3 is 38.4 Å². The average Bonchev–Trinajstić information content (AvgIpc) is 1.61. The monoisotopic (exact) mass is 1890 g/mol. The number of hydrogen-bond donors (Lipinski definition) is 1. The van der Waals surface area contributed by atoms with Crippen molar-refractivity contribution in [2.45, 2.75) is 212 Å². The van der Waals surface area contributed by atoms with E-state index in [0.717, 1.165) is 216 Å². The van der Waals surface area contributed by atoms with Crippen LogP contribution in [-0.2, 0) is 54.3 Å². The van der Waals surface area contributed by atoms with E-state index in [1.165, 1.54) is 25.7 Å². The van der Waals surface area contributed by atoms with E-state index in [1.54, 1.807) is 62.4 Å². The molecule has 0 aliphatic carbocycles. The highest BCUT2D eigenvalue weighted by Crippen LogP contribution is 2.38.